The van der Waals surface area contributed by atoms with Crippen LogP contribution in [-0.4, -0.2) is 16.3 Å². The third kappa shape index (κ3) is 3.09. The Balaban J connectivity index is 2.33. The lowest BCUT2D eigenvalue weighted by atomic mass is 10.1. The summed E-state index contributed by atoms with van der Waals surface area (Å²) >= 11 is 0. The molecule has 1 heterocycles. The number of ether oxygens (including phenoxy) is 1. The van der Waals surface area contributed by atoms with Crippen molar-refractivity contribution in [2.75, 3.05) is 5.73 Å². The van der Waals surface area contributed by atoms with Crippen LogP contribution in [0.3, 0.4) is 0 Å². The summed E-state index contributed by atoms with van der Waals surface area (Å²) in [5, 5.41) is 0. The monoisotopic (exact) mass is 255 g/mol. The van der Waals surface area contributed by atoms with Gasteiger partial charge in [-0.15, -0.1) is 13.2 Å². The summed E-state index contributed by atoms with van der Waals surface area (Å²) in [5.74, 6) is -0.258. The van der Waals surface area contributed by atoms with Crippen LogP contribution in [0.15, 0.2) is 36.5 Å². The number of aromatic nitrogens is 2. The van der Waals surface area contributed by atoms with Gasteiger partial charge in [0.05, 0.1) is 5.69 Å². The van der Waals surface area contributed by atoms with Crippen LogP contribution in [-0.2, 0) is 0 Å². The summed E-state index contributed by atoms with van der Waals surface area (Å²) in [4.78, 5) is 7.61. The summed E-state index contributed by atoms with van der Waals surface area (Å²) < 4.78 is 40.0. The van der Waals surface area contributed by atoms with E-state index < -0.39 is 6.36 Å². The molecule has 0 radical (unpaired) electrons. The molecule has 2 N–H and O–H groups in total. The van der Waals surface area contributed by atoms with Crippen molar-refractivity contribution in [2.24, 2.45) is 0 Å². The largest absolute Gasteiger partial charge is 0.573 e. The van der Waals surface area contributed by atoms with E-state index in [0.717, 1.165) is 0 Å². The molecule has 4 nitrogen and oxygen atoms in total. The van der Waals surface area contributed by atoms with E-state index in [1.54, 1.807) is 12.1 Å². The molecule has 1 aromatic carbocycles. The maximum atomic E-state index is 12.1. The molecule has 94 valence electrons. The van der Waals surface area contributed by atoms with Gasteiger partial charge in [-0.2, -0.15) is 0 Å². The molecule has 2 rings (SSSR count). The standard InChI is InChI=1S/C11H8F3N3O/c12-11(13,14)18-8-3-1-2-7(6-8)9-4-5-16-10(15)17-9/h1-6H,(H2,15,16,17). The molecule has 0 bridgehead atoms. The van der Waals surface area contributed by atoms with E-state index in [2.05, 4.69) is 14.7 Å². The first kappa shape index (κ1) is 12.2. The van der Waals surface area contributed by atoms with Gasteiger partial charge in [-0.1, -0.05) is 12.1 Å². The molecule has 2 aromatic rings. The van der Waals surface area contributed by atoms with Crippen LogP contribution in [0.5, 0.6) is 5.75 Å². The lowest BCUT2D eigenvalue weighted by Gasteiger charge is -2.09. The third-order valence-corrected chi connectivity index (χ3v) is 2.04. The molecule has 0 aliphatic carbocycles. The van der Waals surface area contributed by atoms with Gasteiger partial charge in [0.25, 0.3) is 0 Å². The average molecular weight is 255 g/mol. The third-order valence-electron chi connectivity index (χ3n) is 2.04. The fraction of sp³-hybridized carbons (Fsp3) is 0.0909. The Morgan fingerprint density at radius 1 is 1.17 bits per heavy atom. The number of nitrogens with two attached hydrogens (primary N) is 1. The second-order valence-electron chi connectivity index (χ2n) is 3.38. The Labute approximate surface area is 100 Å². The number of anilines is 1. The first-order valence-corrected chi connectivity index (χ1v) is 4.89. The fourth-order valence-electron chi connectivity index (χ4n) is 1.39. The minimum absolute atomic E-state index is 0.0506. The SMILES string of the molecule is Nc1nccc(-c2cccc(OC(F)(F)F)c2)n1. The number of hydrogen-bond acceptors (Lipinski definition) is 4. The molecule has 0 saturated heterocycles. The Kier molecular flexibility index (Phi) is 3.05. The second kappa shape index (κ2) is 4.52. The van der Waals surface area contributed by atoms with Crippen molar-refractivity contribution >= 4 is 5.95 Å². The van der Waals surface area contributed by atoms with E-state index in [4.69, 9.17) is 5.73 Å². The molecular weight excluding hydrogens is 247 g/mol. The number of nitrogen functional groups attached to an aromatic ring is 1. The number of nitrogens with zero attached hydrogens (tertiary/aromatic N) is 2. The van der Waals surface area contributed by atoms with Crippen LogP contribution >= 0.6 is 0 Å². The predicted molar refractivity (Wildman–Crippen MR) is 58.6 cm³/mol. The smallest absolute Gasteiger partial charge is 0.406 e. The summed E-state index contributed by atoms with van der Waals surface area (Å²) in [5.41, 5.74) is 6.29. The second-order valence-corrected chi connectivity index (χ2v) is 3.38. The number of rotatable bonds is 2. The molecule has 0 saturated carbocycles. The minimum Gasteiger partial charge on any atom is -0.406 e. The van der Waals surface area contributed by atoms with Gasteiger partial charge in [-0.3, -0.25) is 0 Å². The van der Waals surface area contributed by atoms with Gasteiger partial charge in [-0.05, 0) is 18.2 Å². The highest BCUT2D eigenvalue weighted by Crippen LogP contribution is 2.27. The minimum atomic E-state index is -4.72. The Morgan fingerprint density at radius 2 is 1.94 bits per heavy atom. The van der Waals surface area contributed by atoms with Crippen molar-refractivity contribution in [3.63, 3.8) is 0 Å². The summed E-state index contributed by atoms with van der Waals surface area (Å²) in [6.45, 7) is 0. The first-order chi connectivity index (χ1) is 8.44. The molecule has 1 aromatic heterocycles. The van der Waals surface area contributed by atoms with Gasteiger partial charge < -0.3 is 10.5 Å². The first-order valence-electron chi connectivity index (χ1n) is 4.89. The number of halogens is 3. The fourth-order valence-corrected chi connectivity index (χ4v) is 1.39. The quantitative estimate of drug-likeness (QED) is 0.896. The zero-order chi connectivity index (χ0) is 13.2. The van der Waals surface area contributed by atoms with Crippen LogP contribution in [0, 0.1) is 0 Å². The molecule has 0 amide bonds. The van der Waals surface area contributed by atoms with Crippen LogP contribution in [0.4, 0.5) is 19.1 Å². The predicted octanol–water partition coefficient (Wildman–Crippen LogP) is 2.62. The van der Waals surface area contributed by atoms with Gasteiger partial charge in [0.1, 0.15) is 5.75 Å². The highest BCUT2D eigenvalue weighted by atomic mass is 19.4. The number of hydrogen-bond donors (Lipinski definition) is 1. The Hall–Kier alpha value is -2.31. The molecule has 7 heteroatoms. The van der Waals surface area contributed by atoms with E-state index >= 15 is 0 Å². The highest BCUT2D eigenvalue weighted by Gasteiger charge is 2.31. The van der Waals surface area contributed by atoms with Crippen molar-refractivity contribution < 1.29 is 17.9 Å². The maximum absolute atomic E-state index is 12.1. The van der Waals surface area contributed by atoms with Crippen molar-refractivity contribution in [1.29, 1.82) is 0 Å². The van der Waals surface area contributed by atoms with E-state index in [9.17, 15) is 13.2 Å². The van der Waals surface area contributed by atoms with E-state index in [1.807, 2.05) is 0 Å². The molecule has 0 aliphatic rings. The van der Waals surface area contributed by atoms with Crippen molar-refractivity contribution in [1.82, 2.24) is 9.97 Å². The van der Waals surface area contributed by atoms with E-state index in [-0.39, 0.29) is 11.7 Å². The number of benzene rings is 1. The zero-order valence-electron chi connectivity index (χ0n) is 8.98. The van der Waals surface area contributed by atoms with Gasteiger partial charge in [-0.25, -0.2) is 9.97 Å². The van der Waals surface area contributed by atoms with Gasteiger partial charge >= 0.3 is 6.36 Å². The molecule has 0 fully saturated rings. The van der Waals surface area contributed by atoms with Crippen molar-refractivity contribution in [3.05, 3.63) is 36.5 Å². The topological polar surface area (TPSA) is 61.0 Å². The van der Waals surface area contributed by atoms with Crippen LogP contribution < -0.4 is 10.5 Å². The molecule has 0 aliphatic heterocycles. The number of alkyl halides is 3. The zero-order valence-corrected chi connectivity index (χ0v) is 8.98. The molecule has 0 spiro atoms. The molecule has 18 heavy (non-hydrogen) atoms. The van der Waals surface area contributed by atoms with Gasteiger partial charge in [0, 0.05) is 11.8 Å². The lowest BCUT2D eigenvalue weighted by molar-refractivity contribution is -0.274. The van der Waals surface area contributed by atoms with Crippen molar-refractivity contribution in [3.8, 4) is 17.0 Å². The average Bonchev–Trinajstić information content (AvgIpc) is 2.27. The maximum Gasteiger partial charge on any atom is 0.573 e. The summed E-state index contributed by atoms with van der Waals surface area (Å²) in [6, 6.07) is 7.03. The summed E-state index contributed by atoms with van der Waals surface area (Å²) in [7, 11) is 0. The van der Waals surface area contributed by atoms with Crippen LogP contribution in [0.1, 0.15) is 0 Å². The summed E-state index contributed by atoms with van der Waals surface area (Å²) in [6.07, 6.45) is -3.29. The van der Waals surface area contributed by atoms with E-state index in [0.29, 0.717) is 11.3 Å². The molecular formula is C11H8F3N3O. The van der Waals surface area contributed by atoms with Crippen molar-refractivity contribution in [2.45, 2.75) is 6.36 Å². The molecule has 0 unspecified atom stereocenters. The highest BCUT2D eigenvalue weighted by molar-refractivity contribution is 5.61. The van der Waals surface area contributed by atoms with E-state index in [1.165, 1.54) is 24.4 Å². The Morgan fingerprint density at radius 3 is 2.61 bits per heavy atom. The lowest BCUT2D eigenvalue weighted by Crippen LogP contribution is -2.17. The van der Waals surface area contributed by atoms with Gasteiger partial charge in [0.2, 0.25) is 5.95 Å². The molecule has 0 atom stereocenters. The van der Waals surface area contributed by atoms with Crippen LogP contribution in [0.25, 0.3) is 11.3 Å². The Bertz CT molecular complexity index is 557. The van der Waals surface area contributed by atoms with Crippen LogP contribution in [0.2, 0.25) is 0 Å². The normalized spacial score (nSPS) is 11.3. The van der Waals surface area contributed by atoms with Gasteiger partial charge in [0.15, 0.2) is 0 Å².